The second kappa shape index (κ2) is 7.48. The van der Waals surface area contributed by atoms with E-state index in [1.165, 1.54) is 6.92 Å². The first kappa shape index (κ1) is 20.8. The van der Waals surface area contributed by atoms with Crippen LogP contribution in [0.4, 0.5) is 0 Å². The lowest BCUT2D eigenvalue weighted by atomic mass is 9.96. The zero-order valence-corrected chi connectivity index (χ0v) is 14.6. The van der Waals surface area contributed by atoms with Crippen molar-refractivity contribution in [2.45, 2.75) is 81.0 Å². The van der Waals surface area contributed by atoms with E-state index in [1.807, 2.05) is 0 Å². The average molecular weight is 395 g/mol. The van der Waals surface area contributed by atoms with Gasteiger partial charge in [-0.1, -0.05) is 0 Å². The molecule has 0 bridgehead atoms. The standard InChI is InChI=1S/C15H24O12/c1-4-10(6(16)8(18)12(20)24-4)26-13-9(19)7(17)11-5(25-13)3-23-15(2,27-11)14(21)22/h4-13,16-20H,3H2,1-2H3,(H,21,22)/p-1/t4?,5?,6-,7-,8?,9?,10+,11+,12-,13+,15?/m1/s1. The minimum atomic E-state index is -2.11. The van der Waals surface area contributed by atoms with Crippen LogP contribution in [-0.4, -0.2) is 105 Å². The SMILES string of the molecule is CC1O[C@@H](O)C(O)[C@@H](O)[C@H]1O[C@@H]1OC2COC(C)(C(=O)[O-])O[C@@H]2[C@H](O)C1O. The summed E-state index contributed by atoms with van der Waals surface area (Å²) >= 11 is 0. The van der Waals surface area contributed by atoms with Crippen molar-refractivity contribution >= 4 is 5.97 Å². The van der Waals surface area contributed by atoms with Gasteiger partial charge in [0.1, 0.15) is 48.7 Å². The van der Waals surface area contributed by atoms with Gasteiger partial charge in [-0.3, -0.25) is 0 Å². The molecule has 0 aromatic rings. The van der Waals surface area contributed by atoms with Gasteiger partial charge in [0.05, 0.1) is 12.7 Å². The topological polar surface area (TPSA) is 187 Å². The zero-order chi connectivity index (χ0) is 20.1. The Bertz CT molecular complexity index is 557. The monoisotopic (exact) mass is 395 g/mol. The van der Waals surface area contributed by atoms with E-state index in [0.717, 1.165) is 6.92 Å². The van der Waals surface area contributed by atoms with E-state index in [2.05, 4.69) is 0 Å². The summed E-state index contributed by atoms with van der Waals surface area (Å²) in [6.45, 7) is 2.28. The smallest absolute Gasteiger partial charge is 0.207 e. The summed E-state index contributed by atoms with van der Waals surface area (Å²) in [5.41, 5.74) is 0. The van der Waals surface area contributed by atoms with Gasteiger partial charge in [-0.05, 0) is 13.8 Å². The molecule has 3 aliphatic heterocycles. The third kappa shape index (κ3) is 3.70. The molecule has 3 aliphatic rings. The number of rotatable bonds is 3. The number of carbonyl (C=O) groups excluding carboxylic acids is 1. The Balaban J connectivity index is 1.70. The Hall–Kier alpha value is -0.930. The molecule has 0 aromatic heterocycles. The predicted molar refractivity (Wildman–Crippen MR) is 78.4 cm³/mol. The highest BCUT2D eigenvalue weighted by Gasteiger charge is 2.54. The fraction of sp³-hybridized carbons (Fsp3) is 0.933. The highest BCUT2D eigenvalue weighted by atomic mass is 16.8. The number of hydrogen-bond acceptors (Lipinski definition) is 12. The van der Waals surface area contributed by atoms with Gasteiger partial charge in [0.25, 0.3) is 0 Å². The Morgan fingerprint density at radius 3 is 2.37 bits per heavy atom. The molecule has 0 saturated carbocycles. The molecule has 0 aliphatic carbocycles. The summed E-state index contributed by atoms with van der Waals surface area (Å²) in [6.07, 6.45) is -13.8. The number of carboxylic acid groups (broad SMARTS) is 1. The zero-order valence-electron chi connectivity index (χ0n) is 14.6. The Kier molecular flexibility index (Phi) is 5.76. The quantitative estimate of drug-likeness (QED) is 0.307. The van der Waals surface area contributed by atoms with Crippen LogP contribution >= 0.6 is 0 Å². The first-order valence-corrected chi connectivity index (χ1v) is 8.45. The van der Waals surface area contributed by atoms with Crippen LogP contribution in [0.25, 0.3) is 0 Å². The molecule has 0 radical (unpaired) electrons. The van der Waals surface area contributed by atoms with Crippen LogP contribution < -0.4 is 5.11 Å². The van der Waals surface area contributed by atoms with Gasteiger partial charge < -0.3 is 59.1 Å². The molecule has 3 rings (SSSR count). The Morgan fingerprint density at radius 2 is 1.74 bits per heavy atom. The van der Waals surface area contributed by atoms with Crippen molar-refractivity contribution in [2.75, 3.05) is 6.61 Å². The number of hydrogen-bond donors (Lipinski definition) is 5. The number of carbonyl (C=O) groups is 1. The Labute approximate surface area is 153 Å². The molecule has 12 heteroatoms. The number of ether oxygens (including phenoxy) is 5. The van der Waals surface area contributed by atoms with Gasteiger partial charge in [-0.2, -0.15) is 0 Å². The minimum Gasteiger partial charge on any atom is -0.544 e. The predicted octanol–water partition coefficient (Wildman–Crippen LogP) is -4.84. The first-order chi connectivity index (χ1) is 12.5. The highest BCUT2D eigenvalue weighted by Crippen LogP contribution is 2.34. The number of aliphatic hydroxyl groups is 5. The molecule has 3 saturated heterocycles. The van der Waals surface area contributed by atoms with Crippen molar-refractivity contribution in [3.8, 4) is 0 Å². The summed E-state index contributed by atoms with van der Waals surface area (Å²) < 4.78 is 26.3. The van der Waals surface area contributed by atoms with Crippen LogP contribution in [0.15, 0.2) is 0 Å². The van der Waals surface area contributed by atoms with Crippen LogP contribution in [0, 0.1) is 0 Å². The second-order valence-corrected chi connectivity index (χ2v) is 6.96. The summed E-state index contributed by atoms with van der Waals surface area (Å²) in [5.74, 6) is -3.76. The lowest BCUT2D eigenvalue weighted by Crippen LogP contribution is -2.69. The molecule has 0 amide bonds. The summed E-state index contributed by atoms with van der Waals surface area (Å²) in [6, 6.07) is 0. The van der Waals surface area contributed by atoms with E-state index in [4.69, 9.17) is 23.7 Å². The van der Waals surface area contributed by atoms with Gasteiger partial charge >= 0.3 is 0 Å². The molecule has 5 unspecified atom stereocenters. The number of carboxylic acids is 1. The third-order valence-corrected chi connectivity index (χ3v) is 4.98. The lowest BCUT2D eigenvalue weighted by Gasteiger charge is -2.50. The fourth-order valence-corrected chi connectivity index (χ4v) is 3.30. The molecule has 3 heterocycles. The van der Waals surface area contributed by atoms with E-state index in [-0.39, 0.29) is 6.61 Å². The van der Waals surface area contributed by atoms with Crippen molar-refractivity contribution in [3.05, 3.63) is 0 Å². The van der Waals surface area contributed by atoms with Crippen molar-refractivity contribution in [1.82, 2.24) is 0 Å². The summed E-state index contributed by atoms with van der Waals surface area (Å²) in [7, 11) is 0. The molecular weight excluding hydrogens is 372 g/mol. The number of aliphatic carboxylic acids is 1. The van der Waals surface area contributed by atoms with Crippen molar-refractivity contribution in [2.24, 2.45) is 0 Å². The van der Waals surface area contributed by atoms with E-state index >= 15 is 0 Å². The van der Waals surface area contributed by atoms with Crippen molar-refractivity contribution < 1.29 is 59.1 Å². The van der Waals surface area contributed by atoms with E-state index in [1.54, 1.807) is 0 Å². The van der Waals surface area contributed by atoms with E-state index < -0.39 is 73.2 Å². The lowest BCUT2D eigenvalue weighted by molar-refractivity contribution is -0.415. The maximum atomic E-state index is 11.1. The molecule has 5 N–H and O–H groups in total. The third-order valence-electron chi connectivity index (χ3n) is 4.98. The van der Waals surface area contributed by atoms with Crippen LogP contribution in [0.2, 0.25) is 0 Å². The summed E-state index contributed by atoms with van der Waals surface area (Å²) in [5, 5.41) is 61.0. The fourth-order valence-electron chi connectivity index (χ4n) is 3.30. The van der Waals surface area contributed by atoms with Gasteiger partial charge in [-0.25, -0.2) is 0 Å². The van der Waals surface area contributed by atoms with Gasteiger partial charge in [0.2, 0.25) is 5.79 Å². The molecule has 3 fully saturated rings. The molecule has 0 aromatic carbocycles. The molecule has 11 atom stereocenters. The number of fused-ring (bicyclic) bond motifs is 1. The molecule has 12 nitrogen and oxygen atoms in total. The van der Waals surface area contributed by atoms with E-state index in [9.17, 15) is 35.4 Å². The maximum Gasteiger partial charge on any atom is 0.207 e. The summed E-state index contributed by atoms with van der Waals surface area (Å²) in [4.78, 5) is 11.1. The minimum absolute atomic E-state index is 0.292. The van der Waals surface area contributed by atoms with Crippen molar-refractivity contribution in [1.29, 1.82) is 0 Å². The van der Waals surface area contributed by atoms with Gasteiger partial charge in [0.15, 0.2) is 12.6 Å². The normalized spacial score (nSPS) is 53.6. The highest BCUT2D eigenvalue weighted by molar-refractivity contribution is 5.73. The molecule has 156 valence electrons. The number of aliphatic hydroxyl groups excluding tert-OH is 5. The first-order valence-electron chi connectivity index (χ1n) is 8.45. The molecular formula is C15H23O12-. The van der Waals surface area contributed by atoms with Crippen LogP contribution in [-0.2, 0) is 28.5 Å². The molecule has 0 spiro atoms. The second-order valence-electron chi connectivity index (χ2n) is 6.96. The van der Waals surface area contributed by atoms with E-state index in [0.29, 0.717) is 0 Å². The maximum absolute atomic E-state index is 11.1. The van der Waals surface area contributed by atoms with Gasteiger partial charge in [-0.15, -0.1) is 0 Å². The van der Waals surface area contributed by atoms with Crippen LogP contribution in [0.1, 0.15) is 13.8 Å². The average Bonchev–Trinajstić information content (AvgIpc) is 2.61. The molecule has 27 heavy (non-hydrogen) atoms. The largest absolute Gasteiger partial charge is 0.544 e. The van der Waals surface area contributed by atoms with Crippen molar-refractivity contribution in [3.63, 3.8) is 0 Å². The van der Waals surface area contributed by atoms with Crippen LogP contribution in [0.3, 0.4) is 0 Å². The van der Waals surface area contributed by atoms with Crippen LogP contribution in [0.5, 0.6) is 0 Å². The Morgan fingerprint density at radius 1 is 1.07 bits per heavy atom. The van der Waals surface area contributed by atoms with Gasteiger partial charge in [0, 0.05) is 0 Å².